The smallest absolute Gasteiger partial charge is 0.258 e. The molecule has 8 rings (SSSR count). The summed E-state index contributed by atoms with van der Waals surface area (Å²) in [6.07, 6.45) is 1.77. The van der Waals surface area contributed by atoms with E-state index in [-0.39, 0.29) is 35.7 Å². The first kappa shape index (κ1) is 32.4. The Bertz CT molecular complexity index is 1950. The monoisotopic (exact) mass is 767 g/mol. The van der Waals surface area contributed by atoms with Crippen molar-refractivity contribution < 1.29 is 33.4 Å². The summed E-state index contributed by atoms with van der Waals surface area (Å²) in [7, 11) is 0. The molecule has 9 nitrogen and oxygen atoms in total. The Morgan fingerprint density at radius 2 is 1.45 bits per heavy atom. The van der Waals surface area contributed by atoms with Gasteiger partial charge in [-0.2, -0.15) is 0 Å². The molecule has 4 amide bonds. The number of amides is 4. The number of rotatable bonds is 4. The van der Waals surface area contributed by atoms with E-state index in [1.54, 1.807) is 24.3 Å². The molecule has 1 N–H and O–H groups in total. The topological polar surface area (TPSA) is 107 Å². The van der Waals surface area contributed by atoms with E-state index in [1.807, 2.05) is 18.2 Å². The van der Waals surface area contributed by atoms with E-state index in [2.05, 4.69) is 20.8 Å². The second kappa shape index (κ2) is 11.7. The van der Waals surface area contributed by atoms with E-state index in [9.17, 15) is 28.7 Å². The number of benzene rings is 3. The van der Waals surface area contributed by atoms with Crippen molar-refractivity contribution in [3.8, 4) is 5.75 Å². The lowest BCUT2D eigenvalue weighted by atomic mass is 9.56. The van der Waals surface area contributed by atoms with Crippen molar-refractivity contribution in [2.45, 2.75) is 28.5 Å². The number of allylic oxidation sites excluding steroid dienone is 2. The third kappa shape index (κ3) is 4.65. The predicted octanol–water partition coefficient (Wildman–Crippen LogP) is 5.90. The maximum absolute atomic E-state index is 14.5. The standard InChI is InChI=1S/C36H29BrCl2FN3O6/c37-19-1-12-28(44)26(17-19)30-24-10-11-25-29(32(46)42(31(25)45)22-8-6-21(7-9-22)41-13-15-49-16-14-41)27(24)18-35(38)33(47)43(34(48)36(30,35)39)23-4-2-20(40)3-5-23/h1-10,12,17,25,27,29-30,44H,11,13-16,18H2/t25-,27+,29-,30+,35+,36-/m0/s1. The average molecular weight is 769 g/mol. The van der Waals surface area contributed by atoms with Gasteiger partial charge in [-0.3, -0.25) is 24.1 Å². The molecule has 6 atom stereocenters. The Morgan fingerprint density at radius 3 is 2.14 bits per heavy atom. The molecule has 3 aromatic carbocycles. The number of imide groups is 2. The molecule has 49 heavy (non-hydrogen) atoms. The number of carbonyl (C=O) groups excluding carboxylic acids is 4. The number of phenolic OH excluding ortho intramolecular Hbond substituents is 1. The number of fused-ring (bicyclic) bond motifs is 4. The van der Waals surface area contributed by atoms with Crippen molar-refractivity contribution >= 4 is 79.8 Å². The fraction of sp³-hybridized carbons (Fsp3) is 0.333. The Kier molecular flexibility index (Phi) is 7.71. The zero-order valence-electron chi connectivity index (χ0n) is 25.8. The van der Waals surface area contributed by atoms with Gasteiger partial charge in [-0.1, -0.05) is 27.6 Å². The number of carbonyl (C=O) groups is 4. The number of anilines is 3. The molecule has 2 aliphatic carbocycles. The molecule has 252 valence electrons. The van der Waals surface area contributed by atoms with Crippen LogP contribution in [0.5, 0.6) is 5.75 Å². The van der Waals surface area contributed by atoms with Gasteiger partial charge in [0.25, 0.3) is 11.8 Å². The zero-order chi connectivity index (χ0) is 34.4. The maximum atomic E-state index is 14.5. The first-order chi connectivity index (χ1) is 23.5. The Labute approximate surface area is 299 Å². The summed E-state index contributed by atoms with van der Waals surface area (Å²) in [5, 5.41) is 11.2. The van der Waals surface area contributed by atoms with E-state index >= 15 is 0 Å². The Hall–Kier alpha value is -3.77. The van der Waals surface area contributed by atoms with Gasteiger partial charge in [0.1, 0.15) is 11.6 Å². The number of aromatic hydroxyl groups is 1. The van der Waals surface area contributed by atoms with E-state index in [0.717, 1.165) is 35.8 Å². The van der Waals surface area contributed by atoms with Gasteiger partial charge in [0.15, 0.2) is 9.75 Å². The molecule has 1 saturated carbocycles. The van der Waals surface area contributed by atoms with Crippen LogP contribution in [0.2, 0.25) is 0 Å². The van der Waals surface area contributed by atoms with Crippen LogP contribution in [0, 0.1) is 23.6 Å². The highest BCUT2D eigenvalue weighted by atomic mass is 79.9. The lowest BCUT2D eigenvalue weighted by Crippen LogP contribution is -2.60. The summed E-state index contributed by atoms with van der Waals surface area (Å²) in [5.74, 6) is -6.77. The van der Waals surface area contributed by atoms with Crippen LogP contribution in [-0.2, 0) is 23.9 Å². The number of nitrogens with zero attached hydrogens (tertiary/aromatic N) is 3. The summed E-state index contributed by atoms with van der Waals surface area (Å²) < 4.78 is 19.9. The minimum absolute atomic E-state index is 0.0803. The first-order valence-electron chi connectivity index (χ1n) is 16.0. The summed E-state index contributed by atoms with van der Waals surface area (Å²) in [5.41, 5.74) is 2.25. The second-order valence-electron chi connectivity index (χ2n) is 13.1. The van der Waals surface area contributed by atoms with Crippen molar-refractivity contribution in [1.82, 2.24) is 0 Å². The van der Waals surface area contributed by atoms with Crippen molar-refractivity contribution in [1.29, 1.82) is 0 Å². The predicted molar refractivity (Wildman–Crippen MR) is 184 cm³/mol. The normalized spacial score (nSPS) is 31.1. The van der Waals surface area contributed by atoms with Gasteiger partial charge in [-0.15, -0.1) is 23.2 Å². The quantitative estimate of drug-likeness (QED) is 0.200. The Balaban J connectivity index is 1.22. The summed E-state index contributed by atoms with van der Waals surface area (Å²) >= 11 is 18.2. The molecule has 4 fully saturated rings. The molecule has 0 aromatic heterocycles. The van der Waals surface area contributed by atoms with Crippen LogP contribution in [-0.4, -0.2) is 64.8 Å². The van der Waals surface area contributed by atoms with E-state index in [4.69, 9.17) is 27.9 Å². The lowest BCUT2D eigenvalue weighted by Gasteiger charge is -2.50. The van der Waals surface area contributed by atoms with Crippen LogP contribution >= 0.6 is 39.1 Å². The average Bonchev–Trinajstić information content (AvgIpc) is 3.44. The summed E-state index contributed by atoms with van der Waals surface area (Å²) in [4.78, 5) is 57.3. The highest BCUT2D eigenvalue weighted by Gasteiger charge is 2.77. The number of morpholine rings is 1. The zero-order valence-corrected chi connectivity index (χ0v) is 28.9. The molecule has 13 heteroatoms. The highest BCUT2D eigenvalue weighted by Crippen LogP contribution is 2.66. The largest absolute Gasteiger partial charge is 0.508 e. The van der Waals surface area contributed by atoms with Crippen molar-refractivity contribution in [2.75, 3.05) is 41.0 Å². The van der Waals surface area contributed by atoms with Gasteiger partial charge in [0.05, 0.1) is 36.4 Å². The van der Waals surface area contributed by atoms with Gasteiger partial charge in [0, 0.05) is 34.7 Å². The number of hydrogen-bond donors (Lipinski definition) is 1. The van der Waals surface area contributed by atoms with Gasteiger partial charge >= 0.3 is 0 Å². The van der Waals surface area contributed by atoms with Crippen LogP contribution in [0.4, 0.5) is 21.5 Å². The molecule has 3 saturated heterocycles. The highest BCUT2D eigenvalue weighted by molar-refractivity contribution is 9.10. The minimum Gasteiger partial charge on any atom is -0.508 e. The van der Waals surface area contributed by atoms with Gasteiger partial charge in [-0.05, 0) is 85.5 Å². The summed E-state index contributed by atoms with van der Waals surface area (Å²) in [6.45, 7) is 2.70. The number of halogens is 4. The van der Waals surface area contributed by atoms with Crippen LogP contribution < -0.4 is 14.7 Å². The molecule has 0 bridgehead atoms. The number of hydrogen-bond acceptors (Lipinski definition) is 7. The number of ether oxygens (including phenoxy) is 1. The molecular formula is C36H29BrCl2FN3O6. The van der Waals surface area contributed by atoms with E-state index in [0.29, 0.717) is 28.9 Å². The molecule has 0 radical (unpaired) electrons. The maximum Gasteiger partial charge on any atom is 0.258 e. The van der Waals surface area contributed by atoms with Crippen LogP contribution in [0.15, 0.2) is 82.9 Å². The second-order valence-corrected chi connectivity index (χ2v) is 15.2. The van der Waals surface area contributed by atoms with Crippen molar-refractivity contribution in [3.63, 3.8) is 0 Å². The fourth-order valence-corrected chi connectivity index (χ4v) is 9.69. The Morgan fingerprint density at radius 1 is 0.816 bits per heavy atom. The fourth-order valence-electron chi connectivity index (χ4n) is 8.39. The molecular weight excluding hydrogens is 740 g/mol. The third-order valence-electron chi connectivity index (χ3n) is 10.7. The van der Waals surface area contributed by atoms with E-state index < -0.39 is 57.0 Å². The van der Waals surface area contributed by atoms with Crippen LogP contribution in [0.1, 0.15) is 24.3 Å². The number of phenols is 1. The molecule has 3 aromatic rings. The molecule has 0 spiro atoms. The third-order valence-corrected chi connectivity index (χ3v) is 12.6. The first-order valence-corrected chi connectivity index (χ1v) is 17.5. The summed E-state index contributed by atoms with van der Waals surface area (Å²) in [6, 6.07) is 16.7. The minimum atomic E-state index is -2.14. The SMILES string of the molecule is O=C1[C@H]2[C@H](CC=C3[C@H]2C[C@@]2(Cl)C(=O)N(c4ccc(F)cc4)C(=O)[C@@]2(Cl)[C@H]3c2cc(Br)ccc2O)C(=O)N1c1ccc(N2CCOCC2)cc1. The van der Waals surface area contributed by atoms with Crippen LogP contribution in [0.25, 0.3) is 0 Å². The molecule has 5 aliphatic rings. The van der Waals surface area contributed by atoms with Crippen molar-refractivity contribution in [3.05, 3.63) is 94.2 Å². The van der Waals surface area contributed by atoms with Crippen molar-refractivity contribution in [2.24, 2.45) is 17.8 Å². The molecule has 3 aliphatic heterocycles. The van der Waals surface area contributed by atoms with Crippen LogP contribution in [0.3, 0.4) is 0 Å². The number of alkyl halides is 2. The van der Waals surface area contributed by atoms with Gasteiger partial charge in [0.2, 0.25) is 11.8 Å². The molecule has 0 unspecified atom stereocenters. The molecule has 3 heterocycles. The van der Waals surface area contributed by atoms with E-state index in [1.165, 1.54) is 23.1 Å². The van der Waals surface area contributed by atoms with Gasteiger partial charge in [-0.25, -0.2) is 9.29 Å². The van der Waals surface area contributed by atoms with Gasteiger partial charge < -0.3 is 14.7 Å². The lowest BCUT2D eigenvalue weighted by molar-refractivity contribution is -0.125.